The van der Waals surface area contributed by atoms with Gasteiger partial charge in [-0.1, -0.05) is 15.9 Å². The van der Waals surface area contributed by atoms with Gasteiger partial charge in [-0.05, 0) is 25.0 Å². The topological polar surface area (TPSA) is 39.4 Å². The molecule has 0 spiro atoms. The van der Waals surface area contributed by atoms with Crippen molar-refractivity contribution in [1.29, 1.82) is 0 Å². The lowest BCUT2D eigenvalue weighted by Gasteiger charge is -2.18. The zero-order valence-electron chi connectivity index (χ0n) is 8.77. The number of rotatable bonds is 1. The zero-order valence-corrected chi connectivity index (χ0v) is 10.4. The Hall–Kier alpha value is -0.940. The molecule has 0 N–H and O–H groups in total. The van der Waals surface area contributed by atoms with Crippen LogP contribution in [0.3, 0.4) is 0 Å². The van der Waals surface area contributed by atoms with Crippen molar-refractivity contribution in [3.05, 3.63) is 28.6 Å². The van der Waals surface area contributed by atoms with E-state index in [1.54, 1.807) is 0 Å². The second-order valence-corrected chi connectivity index (χ2v) is 4.92. The first kappa shape index (κ1) is 10.2. The molecule has 0 atom stereocenters. The molecule has 1 saturated heterocycles. The van der Waals surface area contributed by atoms with Crippen LogP contribution in [0.2, 0.25) is 0 Å². The fourth-order valence-corrected chi connectivity index (χ4v) is 2.33. The molecule has 1 fully saturated rings. The number of ether oxygens (including phenoxy) is 1. The van der Waals surface area contributed by atoms with E-state index in [1.807, 2.05) is 22.8 Å². The molecule has 5 heteroatoms. The van der Waals surface area contributed by atoms with Gasteiger partial charge in [-0.15, -0.1) is 0 Å². The molecule has 0 unspecified atom stereocenters. The number of halogens is 1. The van der Waals surface area contributed by atoms with E-state index in [2.05, 4.69) is 26.0 Å². The van der Waals surface area contributed by atoms with Crippen molar-refractivity contribution in [2.75, 3.05) is 13.2 Å². The molecule has 4 nitrogen and oxygen atoms in total. The predicted molar refractivity (Wildman–Crippen MR) is 63.5 cm³/mol. The van der Waals surface area contributed by atoms with Crippen molar-refractivity contribution < 1.29 is 4.74 Å². The van der Waals surface area contributed by atoms with Gasteiger partial charge in [0, 0.05) is 29.8 Å². The number of aromatic nitrogens is 3. The number of hydrogen-bond donors (Lipinski definition) is 0. The van der Waals surface area contributed by atoms with Crippen LogP contribution in [0.5, 0.6) is 0 Å². The molecule has 0 amide bonds. The first-order valence-corrected chi connectivity index (χ1v) is 6.22. The molecule has 3 rings (SSSR count). The zero-order chi connectivity index (χ0) is 11.0. The highest BCUT2D eigenvalue weighted by atomic mass is 79.9. The van der Waals surface area contributed by atoms with E-state index < -0.39 is 0 Å². The molecule has 0 radical (unpaired) electrons. The molecule has 3 heterocycles. The van der Waals surface area contributed by atoms with E-state index in [-0.39, 0.29) is 0 Å². The SMILES string of the molecule is Brc1ccn2nc(C3CCOCC3)nc2c1. The first-order chi connectivity index (χ1) is 7.83. The molecule has 16 heavy (non-hydrogen) atoms. The van der Waals surface area contributed by atoms with Gasteiger partial charge in [-0.2, -0.15) is 5.10 Å². The molecule has 0 bridgehead atoms. The van der Waals surface area contributed by atoms with E-state index in [1.165, 1.54) is 0 Å². The first-order valence-electron chi connectivity index (χ1n) is 5.42. The van der Waals surface area contributed by atoms with Gasteiger partial charge in [-0.3, -0.25) is 0 Å². The standard InChI is InChI=1S/C11H12BrN3O/c12-9-1-4-15-10(7-9)13-11(14-15)8-2-5-16-6-3-8/h1,4,7-8H,2-3,5-6H2. The van der Waals surface area contributed by atoms with Gasteiger partial charge in [0.2, 0.25) is 0 Å². The average molecular weight is 282 g/mol. The van der Waals surface area contributed by atoms with Crippen LogP contribution in [0.1, 0.15) is 24.6 Å². The minimum atomic E-state index is 0.451. The van der Waals surface area contributed by atoms with E-state index in [9.17, 15) is 0 Å². The molecule has 1 aliphatic rings. The van der Waals surface area contributed by atoms with Gasteiger partial charge in [0.15, 0.2) is 11.5 Å². The molecule has 2 aromatic rings. The minimum absolute atomic E-state index is 0.451. The lowest BCUT2D eigenvalue weighted by Crippen LogP contribution is -2.15. The summed E-state index contributed by atoms with van der Waals surface area (Å²) in [5.74, 6) is 1.40. The van der Waals surface area contributed by atoms with Crippen LogP contribution >= 0.6 is 15.9 Å². The van der Waals surface area contributed by atoms with Crippen molar-refractivity contribution in [3.63, 3.8) is 0 Å². The maximum absolute atomic E-state index is 5.34. The Balaban J connectivity index is 1.97. The average Bonchev–Trinajstić information content (AvgIpc) is 2.73. The largest absolute Gasteiger partial charge is 0.381 e. The number of nitrogens with zero attached hydrogens (tertiary/aromatic N) is 3. The summed E-state index contributed by atoms with van der Waals surface area (Å²) in [4.78, 5) is 4.56. The fraction of sp³-hybridized carbons (Fsp3) is 0.455. The van der Waals surface area contributed by atoms with Crippen LogP contribution in [0.4, 0.5) is 0 Å². The van der Waals surface area contributed by atoms with Gasteiger partial charge < -0.3 is 4.74 Å². The second-order valence-electron chi connectivity index (χ2n) is 4.00. The van der Waals surface area contributed by atoms with E-state index in [4.69, 9.17) is 4.74 Å². The molecular weight excluding hydrogens is 270 g/mol. The van der Waals surface area contributed by atoms with Gasteiger partial charge in [-0.25, -0.2) is 9.50 Å². The van der Waals surface area contributed by atoms with Crippen LogP contribution in [0.25, 0.3) is 5.65 Å². The molecule has 1 aliphatic heterocycles. The minimum Gasteiger partial charge on any atom is -0.381 e. The Morgan fingerprint density at radius 1 is 1.38 bits per heavy atom. The summed E-state index contributed by atoms with van der Waals surface area (Å²) in [5.41, 5.74) is 0.899. The fourth-order valence-electron chi connectivity index (χ4n) is 2.00. The summed E-state index contributed by atoms with van der Waals surface area (Å²) in [7, 11) is 0. The van der Waals surface area contributed by atoms with Crippen LogP contribution in [-0.2, 0) is 4.74 Å². The van der Waals surface area contributed by atoms with Gasteiger partial charge in [0.25, 0.3) is 0 Å². The lowest BCUT2D eigenvalue weighted by molar-refractivity contribution is 0.0836. The predicted octanol–water partition coefficient (Wildman–Crippen LogP) is 2.39. The van der Waals surface area contributed by atoms with Crippen LogP contribution in [-0.4, -0.2) is 27.8 Å². The van der Waals surface area contributed by atoms with Crippen LogP contribution in [0.15, 0.2) is 22.8 Å². The molecule has 84 valence electrons. The third kappa shape index (κ3) is 1.85. The normalized spacial score (nSPS) is 18.1. The Kier molecular flexibility index (Phi) is 2.65. The smallest absolute Gasteiger partial charge is 0.156 e. The van der Waals surface area contributed by atoms with Crippen molar-refractivity contribution in [2.24, 2.45) is 0 Å². The molecule has 0 aromatic carbocycles. The van der Waals surface area contributed by atoms with Crippen molar-refractivity contribution >= 4 is 21.6 Å². The van der Waals surface area contributed by atoms with Gasteiger partial charge in [0.1, 0.15) is 0 Å². The summed E-state index contributed by atoms with van der Waals surface area (Å²) >= 11 is 3.44. The van der Waals surface area contributed by atoms with Crippen molar-refractivity contribution in [3.8, 4) is 0 Å². The maximum atomic E-state index is 5.34. The molecular formula is C11H12BrN3O. The highest BCUT2D eigenvalue weighted by Crippen LogP contribution is 2.24. The highest BCUT2D eigenvalue weighted by molar-refractivity contribution is 9.10. The monoisotopic (exact) mass is 281 g/mol. The summed E-state index contributed by atoms with van der Waals surface area (Å²) < 4.78 is 8.21. The number of hydrogen-bond acceptors (Lipinski definition) is 3. The van der Waals surface area contributed by atoms with Crippen molar-refractivity contribution in [2.45, 2.75) is 18.8 Å². The quantitative estimate of drug-likeness (QED) is 0.806. The van der Waals surface area contributed by atoms with E-state index >= 15 is 0 Å². The summed E-state index contributed by atoms with van der Waals surface area (Å²) in [6.45, 7) is 1.65. The maximum Gasteiger partial charge on any atom is 0.156 e. The lowest BCUT2D eigenvalue weighted by atomic mass is 10.00. The number of pyridine rings is 1. The third-order valence-electron chi connectivity index (χ3n) is 2.90. The van der Waals surface area contributed by atoms with Crippen LogP contribution in [0, 0.1) is 0 Å². The van der Waals surface area contributed by atoms with Crippen LogP contribution < -0.4 is 0 Å². The number of fused-ring (bicyclic) bond motifs is 1. The van der Waals surface area contributed by atoms with E-state index in [0.29, 0.717) is 5.92 Å². The Bertz CT molecular complexity index is 505. The Morgan fingerprint density at radius 2 is 2.19 bits per heavy atom. The molecule has 0 saturated carbocycles. The van der Waals surface area contributed by atoms with Crippen molar-refractivity contribution in [1.82, 2.24) is 14.6 Å². The summed E-state index contributed by atoms with van der Waals surface area (Å²) in [5, 5.41) is 4.51. The Labute approximate surface area is 102 Å². The second kappa shape index (κ2) is 4.14. The summed E-state index contributed by atoms with van der Waals surface area (Å²) in [6, 6.07) is 3.95. The third-order valence-corrected chi connectivity index (χ3v) is 3.40. The summed E-state index contributed by atoms with van der Waals surface area (Å²) in [6.07, 6.45) is 3.98. The Morgan fingerprint density at radius 3 is 3.00 bits per heavy atom. The van der Waals surface area contributed by atoms with E-state index in [0.717, 1.165) is 42.0 Å². The van der Waals surface area contributed by atoms with Gasteiger partial charge in [0.05, 0.1) is 0 Å². The molecule has 0 aliphatic carbocycles. The van der Waals surface area contributed by atoms with Gasteiger partial charge >= 0.3 is 0 Å². The molecule has 2 aromatic heterocycles. The highest BCUT2D eigenvalue weighted by Gasteiger charge is 2.20.